The van der Waals surface area contributed by atoms with E-state index in [-0.39, 0.29) is 6.04 Å². The second-order valence-electron chi connectivity index (χ2n) is 4.16. The molecule has 1 aliphatic heterocycles. The Kier molecular flexibility index (Phi) is 3.47. The zero-order valence-electron chi connectivity index (χ0n) is 9.36. The fourth-order valence-electron chi connectivity index (χ4n) is 2.21. The van der Waals surface area contributed by atoms with Crippen LogP contribution in [0.5, 0.6) is 0 Å². The minimum absolute atomic E-state index is 0.264. The fraction of sp³-hybridized carbons (Fsp3) is 0.636. The van der Waals surface area contributed by atoms with Crippen molar-refractivity contribution in [1.82, 2.24) is 14.5 Å². The highest BCUT2D eigenvalue weighted by atomic mass is 35.5. The van der Waals surface area contributed by atoms with Gasteiger partial charge in [0.05, 0.1) is 18.1 Å². The molecule has 0 aromatic carbocycles. The van der Waals surface area contributed by atoms with Crippen LogP contribution in [0.4, 0.5) is 0 Å². The number of likely N-dealkylation sites (tertiary alicyclic amines) is 1. The van der Waals surface area contributed by atoms with Gasteiger partial charge in [-0.3, -0.25) is 4.90 Å². The summed E-state index contributed by atoms with van der Waals surface area (Å²) in [5, 5.41) is 9.75. The topological polar surface area (TPSA) is 44.9 Å². The Labute approximate surface area is 100 Å². The van der Waals surface area contributed by atoms with E-state index < -0.39 is 0 Å². The zero-order valence-corrected chi connectivity index (χ0v) is 10.1. The number of aromatic nitrogens is 2. The number of aryl methyl sites for hydroxylation is 1. The summed E-state index contributed by atoms with van der Waals surface area (Å²) in [6, 6.07) is 2.07. The molecule has 0 amide bonds. The monoisotopic (exact) mass is 238 g/mol. The van der Waals surface area contributed by atoms with Gasteiger partial charge in [-0.2, -0.15) is 5.26 Å². The van der Waals surface area contributed by atoms with Crippen LogP contribution in [0, 0.1) is 11.3 Å². The van der Waals surface area contributed by atoms with Crippen molar-refractivity contribution in [3.8, 4) is 6.07 Å². The molecule has 1 aromatic rings. The van der Waals surface area contributed by atoms with E-state index in [1.165, 1.54) is 6.42 Å². The standard InChI is InChI=1S/C11H15ClN4/c1-15-8-14-11(12)10(15)9(7-13)16-5-3-2-4-6-16/h8-9H,2-6H2,1H3. The molecule has 1 aromatic heterocycles. The smallest absolute Gasteiger partial charge is 0.152 e. The van der Waals surface area contributed by atoms with Crippen LogP contribution in [0.3, 0.4) is 0 Å². The van der Waals surface area contributed by atoms with Crippen LogP contribution in [0.2, 0.25) is 5.15 Å². The number of rotatable bonds is 2. The molecule has 1 unspecified atom stereocenters. The zero-order chi connectivity index (χ0) is 11.5. The Balaban J connectivity index is 2.25. The molecule has 0 radical (unpaired) electrons. The lowest BCUT2D eigenvalue weighted by atomic mass is 10.1. The highest BCUT2D eigenvalue weighted by Crippen LogP contribution is 2.28. The van der Waals surface area contributed by atoms with E-state index in [0.717, 1.165) is 31.6 Å². The van der Waals surface area contributed by atoms with E-state index in [4.69, 9.17) is 11.6 Å². The Morgan fingerprint density at radius 2 is 2.12 bits per heavy atom. The van der Waals surface area contributed by atoms with Crippen LogP contribution in [0.1, 0.15) is 31.0 Å². The summed E-state index contributed by atoms with van der Waals surface area (Å²) in [6.45, 7) is 1.94. The lowest BCUT2D eigenvalue weighted by molar-refractivity contribution is 0.191. The van der Waals surface area contributed by atoms with Crippen LogP contribution in [-0.2, 0) is 7.05 Å². The van der Waals surface area contributed by atoms with Gasteiger partial charge in [0.25, 0.3) is 0 Å². The first kappa shape index (κ1) is 11.4. The molecule has 1 atom stereocenters. The number of piperidine rings is 1. The Morgan fingerprint density at radius 3 is 2.62 bits per heavy atom. The molecule has 86 valence electrons. The van der Waals surface area contributed by atoms with Crippen molar-refractivity contribution in [2.24, 2.45) is 7.05 Å². The van der Waals surface area contributed by atoms with Gasteiger partial charge in [-0.25, -0.2) is 4.98 Å². The lowest BCUT2D eigenvalue weighted by Gasteiger charge is -2.30. The minimum atomic E-state index is -0.264. The number of nitrogens with zero attached hydrogens (tertiary/aromatic N) is 4. The molecule has 2 heterocycles. The molecule has 1 fully saturated rings. The van der Waals surface area contributed by atoms with Crippen LogP contribution in [-0.4, -0.2) is 27.5 Å². The maximum Gasteiger partial charge on any atom is 0.152 e. The predicted octanol–water partition coefficient (Wildman–Crippen LogP) is 2.12. The average molecular weight is 239 g/mol. The number of halogens is 1. The van der Waals surface area contributed by atoms with Crippen molar-refractivity contribution in [3.05, 3.63) is 17.2 Å². The number of hydrogen-bond acceptors (Lipinski definition) is 3. The molecule has 2 rings (SSSR count). The van der Waals surface area contributed by atoms with Crippen LogP contribution < -0.4 is 0 Å². The largest absolute Gasteiger partial charge is 0.334 e. The van der Waals surface area contributed by atoms with Gasteiger partial charge in [0.15, 0.2) is 5.15 Å². The first-order valence-corrected chi connectivity index (χ1v) is 5.92. The van der Waals surface area contributed by atoms with Gasteiger partial charge >= 0.3 is 0 Å². The molecule has 4 nitrogen and oxygen atoms in total. The molecular weight excluding hydrogens is 224 g/mol. The lowest BCUT2D eigenvalue weighted by Crippen LogP contribution is -2.34. The fourth-order valence-corrected chi connectivity index (χ4v) is 2.49. The van der Waals surface area contributed by atoms with Gasteiger partial charge in [-0.1, -0.05) is 18.0 Å². The van der Waals surface area contributed by atoms with E-state index in [1.807, 2.05) is 11.6 Å². The van der Waals surface area contributed by atoms with Gasteiger partial charge in [-0.15, -0.1) is 0 Å². The number of imidazole rings is 1. The first-order chi connectivity index (χ1) is 7.74. The highest BCUT2D eigenvalue weighted by molar-refractivity contribution is 6.30. The molecule has 0 saturated carbocycles. The quantitative estimate of drug-likeness (QED) is 0.793. The van der Waals surface area contributed by atoms with E-state index in [0.29, 0.717) is 5.15 Å². The summed E-state index contributed by atoms with van der Waals surface area (Å²) in [4.78, 5) is 6.22. The van der Waals surface area contributed by atoms with Gasteiger partial charge < -0.3 is 4.57 Å². The Hall–Kier alpha value is -1.05. The maximum absolute atomic E-state index is 9.31. The molecule has 16 heavy (non-hydrogen) atoms. The molecule has 0 N–H and O–H groups in total. The SMILES string of the molecule is Cn1cnc(Cl)c1C(C#N)N1CCCCC1. The summed E-state index contributed by atoms with van der Waals surface area (Å²) in [5.41, 5.74) is 0.811. The third kappa shape index (κ3) is 2.06. The van der Waals surface area contributed by atoms with E-state index in [9.17, 15) is 5.26 Å². The van der Waals surface area contributed by atoms with Crippen LogP contribution in [0.15, 0.2) is 6.33 Å². The van der Waals surface area contributed by atoms with E-state index in [2.05, 4.69) is 16.0 Å². The highest BCUT2D eigenvalue weighted by Gasteiger charge is 2.26. The molecule has 0 bridgehead atoms. The normalized spacial score (nSPS) is 19.3. The molecular formula is C11H15ClN4. The van der Waals surface area contributed by atoms with Crippen molar-refractivity contribution < 1.29 is 0 Å². The van der Waals surface area contributed by atoms with Crippen molar-refractivity contribution >= 4 is 11.6 Å². The van der Waals surface area contributed by atoms with Crippen LogP contribution >= 0.6 is 11.6 Å². The van der Waals surface area contributed by atoms with Crippen molar-refractivity contribution in [2.45, 2.75) is 25.3 Å². The number of nitriles is 1. The van der Waals surface area contributed by atoms with Gasteiger partial charge in [0.1, 0.15) is 6.04 Å². The molecule has 1 saturated heterocycles. The summed E-state index contributed by atoms with van der Waals surface area (Å²) < 4.78 is 1.84. The summed E-state index contributed by atoms with van der Waals surface area (Å²) in [5.74, 6) is 0. The first-order valence-electron chi connectivity index (χ1n) is 5.54. The van der Waals surface area contributed by atoms with Crippen molar-refractivity contribution in [2.75, 3.05) is 13.1 Å². The average Bonchev–Trinajstić information content (AvgIpc) is 2.63. The Bertz CT molecular complexity index is 381. The van der Waals surface area contributed by atoms with Crippen LogP contribution in [0.25, 0.3) is 0 Å². The predicted molar refractivity (Wildman–Crippen MR) is 62.0 cm³/mol. The number of hydrogen-bond donors (Lipinski definition) is 0. The third-order valence-corrected chi connectivity index (χ3v) is 3.36. The van der Waals surface area contributed by atoms with Gasteiger partial charge in [0.2, 0.25) is 0 Å². The van der Waals surface area contributed by atoms with Gasteiger partial charge in [-0.05, 0) is 25.9 Å². The Morgan fingerprint density at radius 1 is 1.44 bits per heavy atom. The minimum Gasteiger partial charge on any atom is -0.334 e. The van der Waals surface area contributed by atoms with E-state index in [1.54, 1.807) is 6.33 Å². The second-order valence-corrected chi connectivity index (χ2v) is 4.52. The maximum atomic E-state index is 9.31. The molecule has 5 heteroatoms. The third-order valence-electron chi connectivity index (χ3n) is 3.07. The summed E-state index contributed by atoms with van der Waals surface area (Å²) in [7, 11) is 1.88. The van der Waals surface area contributed by atoms with Gasteiger partial charge in [0, 0.05) is 7.05 Å². The molecule has 0 aliphatic carbocycles. The summed E-state index contributed by atoms with van der Waals surface area (Å²) >= 11 is 6.03. The van der Waals surface area contributed by atoms with E-state index >= 15 is 0 Å². The second kappa shape index (κ2) is 4.86. The molecule has 0 spiro atoms. The summed E-state index contributed by atoms with van der Waals surface area (Å²) in [6.07, 6.45) is 5.24. The molecule has 1 aliphatic rings. The van der Waals surface area contributed by atoms with Crippen molar-refractivity contribution in [1.29, 1.82) is 5.26 Å². The van der Waals surface area contributed by atoms with Crippen molar-refractivity contribution in [3.63, 3.8) is 0 Å².